The van der Waals surface area contributed by atoms with Crippen LogP contribution in [0.1, 0.15) is 11.6 Å². The molecular weight excluding hydrogens is 295 g/mol. The maximum atomic E-state index is 12.5. The molecule has 3 rings (SSSR count). The number of benzene rings is 1. The summed E-state index contributed by atoms with van der Waals surface area (Å²) in [6.45, 7) is 1.10. The van der Waals surface area contributed by atoms with Crippen molar-refractivity contribution in [1.29, 1.82) is 0 Å². The van der Waals surface area contributed by atoms with E-state index in [4.69, 9.17) is 0 Å². The third-order valence-electron chi connectivity index (χ3n) is 3.77. The fourth-order valence-corrected chi connectivity index (χ4v) is 2.79. The number of hydrogen-bond acceptors (Lipinski definition) is 3. The van der Waals surface area contributed by atoms with E-state index < -0.39 is 18.7 Å². The molecule has 0 radical (unpaired) electrons. The molecule has 2 aromatic rings. The van der Waals surface area contributed by atoms with E-state index in [1.54, 1.807) is 24.5 Å². The second-order valence-electron chi connectivity index (χ2n) is 5.44. The maximum absolute atomic E-state index is 12.5. The zero-order valence-corrected chi connectivity index (χ0v) is 11.7. The Morgan fingerprint density at radius 3 is 2.82 bits per heavy atom. The Bertz CT molecular complexity index is 653. The Morgan fingerprint density at radius 1 is 1.32 bits per heavy atom. The fraction of sp³-hybridized carbons (Fsp3) is 0.400. The predicted octanol–water partition coefficient (Wildman–Crippen LogP) is 2.16. The van der Waals surface area contributed by atoms with Gasteiger partial charge in [0.1, 0.15) is 5.82 Å². The minimum atomic E-state index is -4.24. The molecule has 1 aromatic heterocycles. The van der Waals surface area contributed by atoms with Gasteiger partial charge in [0.25, 0.3) is 0 Å². The van der Waals surface area contributed by atoms with Gasteiger partial charge in [0.2, 0.25) is 0 Å². The van der Waals surface area contributed by atoms with Gasteiger partial charge >= 0.3 is 6.18 Å². The maximum Gasteiger partial charge on any atom is 0.393 e. The molecule has 0 saturated carbocycles. The number of aromatic nitrogens is 2. The Kier molecular flexibility index (Phi) is 3.92. The molecule has 7 heteroatoms. The molecule has 22 heavy (non-hydrogen) atoms. The average molecular weight is 311 g/mol. The summed E-state index contributed by atoms with van der Waals surface area (Å²) in [5, 5.41) is 13.1. The average Bonchev–Trinajstić information content (AvgIpc) is 3.05. The third-order valence-corrected chi connectivity index (χ3v) is 3.77. The molecule has 0 aliphatic carbocycles. The highest BCUT2D eigenvalue weighted by Crippen LogP contribution is 2.27. The third kappa shape index (κ3) is 3.15. The van der Waals surface area contributed by atoms with E-state index in [9.17, 15) is 18.3 Å². The van der Waals surface area contributed by atoms with Gasteiger partial charge in [-0.2, -0.15) is 13.2 Å². The van der Waals surface area contributed by atoms with Crippen LogP contribution in [0.5, 0.6) is 0 Å². The summed E-state index contributed by atoms with van der Waals surface area (Å²) in [6, 6.07) is 6.12. The lowest BCUT2D eigenvalue weighted by atomic mass is 10.1. The van der Waals surface area contributed by atoms with Crippen molar-refractivity contribution in [2.45, 2.75) is 24.7 Å². The first-order valence-corrected chi connectivity index (χ1v) is 7.02. The van der Waals surface area contributed by atoms with Crippen LogP contribution in [-0.2, 0) is 6.42 Å². The van der Waals surface area contributed by atoms with Gasteiger partial charge in [0.15, 0.2) is 0 Å². The summed E-state index contributed by atoms with van der Waals surface area (Å²) in [7, 11) is 0. The van der Waals surface area contributed by atoms with Crippen LogP contribution in [0.2, 0.25) is 0 Å². The first-order chi connectivity index (χ1) is 10.4. The van der Waals surface area contributed by atoms with Gasteiger partial charge in [0, 0.05) is 31.0 Å². The second kappa shape index (κ2) is 5.73. The molecule has 1 aliphatic heterocycles. The first kappa shape index (κ1) is 15.1. The summed E-state index contributed by atoms with van der Waals surface area (Å²) in [5.41, 5.74) is 0.815. The SMILES string of the molecule is O[C@H]1CNC[C@H]1n1ccnc1-c1cccc(CC(F)(F)F)c1. The van der Waals surface area contributed by atoms with E-state index in [0.29, 0.717) is 24.5 Å². The van der Waals surface area contributed by atoms with Crippen molar-refractivity contribution in [3.63, 3.8) is 0 Å². The van der Waals surface area contributed by atoms with Gasteiger partial charge in [-0.3, -0.25) is 0 Å². The van der Waals surface area contributed by atoms with Crippen LogP contribution in [-0.4, -0.2) is 40.0 Å². The Labute approximate surface area is 125 Å². The van der Waals surface area contributed by atoms with E-state index in [1.807, 2.05) is 4.57 Å². The van der Waals surface area contributed by atoms with Gasteiger partial charge in [-0.25, -0.2) is 4.98 Å². The molecule has 0 amide bonds. The number of aliphatic hydroxyl groups is 1. The van der Waals surface area contributed by atoms with Crippen LogP contribution >= 0.6 is 0 Å². The number of hydrogen-bond donors (Lipinski definition) is 2. The lowest BCUT2D eigenvalue weighted by Crippen LogP contribution is -2.22. The molecule has 1 aliphatic rings. The molecule has 2 atom stereocenters. The van der Waals surface area contributed by atoms with Crippen molar-refractivity contribution < 1.29 is 18.3 Å². The molecule has 2 heterocycles. The summed E-state index contributed by atoms with van der Waals surface area (Å²) < 4.78 is 39.4. The molecule has 0 unspecified atom stereocenters. The van der Waals surface area contributed by atoms with E-state index in [-0.39, 0.29) is 11.6 Å². The smallest absolute Gasteiger partial charge is 0.390 e. The minimum Gasteiger partial charge on any atom is -0.390 e. The molecule has 2 N–H and O–H groups in total. The first-order valence-electron chi connectivity index (χ1n) is 7.02. The standard InChI is InChI=1S/C15H16F3N3O/c16-15(17,18)7-10-2-1-3-11(6-10)14-20-4-5-21(14)12-8-19-9-13(12)22/h1-6,12-13,19,22H,7-9H2/t12-,13+/m1/s1. The number of alkyl halides is 3. The van der Waals surface area contributed by atoms with Crippen molar-refractivity contribution >= 4 is 0 Å². The zero-order chi connectivity index (χ0) is 15.7. The zero-order valence-electron chi connectivity index (χ0n) is 11.7. The quantitative estimate of drug-likeness (QED) is 0.913. The number of nitrogens with zero attached hydrogens (tertiary/aromatic N) is 2. The summed E-state index contributed by atoms with van der Waals surface area (Å²) in [4.78, 5) is 4.25. The summed E-state index contributed by atoms with van der Waals surface area (Å²) in [6.07, 6.45) is -2.40. The topological polar surface area (TPSA) is 50.1 Å². The molecule has 1 aromatic carbocycles. The number of imidazole rings is 1. The molecule has 1 saturated heterocycles. The van der Waals surface area contributed by atoms with Crippen molar-refractivity contribution in [1.82, 2.24) is 14.9 Å². The van der Waals surface area contributed by atoms with Crippen molar-refractivity contribution in [3.05, 3.63) is 42.2 Å². The molecule has 1 fully saturated rings. The summed E-state index contributed by atoms with van der Waals surface area (Å²) >= 11 is 0. The van der Waals surface area contributed by atoms with Gasteiger partial charge in [-0.05, 0) is 11.6 Å². The Balaban J connectivity index is 1.92. The van der Waals surface area contributed by atoms with E-state index in [0.717, 1.165) is 0 Å². The lowest BCUT2D eigenvalue weighted by molar-refractivity contribution is -0.127. The fourth-order valence-electron chi connectivity index (χ4n) is 2.79. The van der Waals surface area contributed by atoms with E-state index in [2.05, 4.69) is 10.3 Å². The Hall–Kier alpha value is -1.86. The van der Waals surface area contributed by atoms with Crippen molar-refractivity contribution in [2.75, 3.05) is 13.1 Å². The number of halogens is 3. The Morgan fingerprint density at radius 2 is 2.14 bits per heavy atom. The molecule has 118 valence electrons. The molecule has 0 spiro atoms. The van der Waals surface area contributed by atoms with Crippen LogP contribution in [0.3, 0.4) is 0 Å². The van der Waals surface area contributed by atoms with E-state index >= 15 is 0 Å². The second-order valence-corrected chi connectivity index (χ2v) is 5.44. The largest absolute Gasteiger partial charge is 0.393 e. The number of nitrogens with one attached hydrogen (secondary N) is 1. The highest BCUT2D eigenvalue weighted by Gasteiger charge is 2.29. The van der Waals surface area contributed by atoms with Crippen LogP contribution in [0.15, 0.2) is 36.7 Å². The number of aliphatic hydroxyl groups excluding tert-OH is 1. The summed E-state index contributed by atoms with van der Waals surface area (Å²) in [5.74, 6) is 0.566. The predicted molar refractivity (Wildman–Crippen MR) is 75.3 cm³/mol. The molecule has 4 nitrogen and oxygen atoms in total. The van der Waals surface area contributed by atoms with Crippen molar-refractivity contribution in [3.8, 4) is 11.4 Å². The monoisotopic (exact) mass is 311 g/mol. The number of rotatable bonds is 3. The van der Waals surface area contributed by atoms with Gasteiger partial charge in [-0.15, -0.1) is 0 Å². The van der Waals surface area contributed by atoms with Crippen LogP contribution in [0.4, 0.5) is 13.2 Å². The minimum absolute atomic E-state index is 0.163. The van der Waals surface area contributed by atoms with Crippen LogP contribution in [0.25, 0.3) is 11.4 Å². The van der Waals surface area contributed by atoms with Crippen molar-refractivity contribution in [2.24, 2.45) is 0 Å². The molecular formula is C15H16F3N3O. The highest BCUT2D eigenvalue weighted by molar-refractivity contribution is 5.57. The molecule has 0 bridgehead atoms. The van der Waals surface area contributed by atoms with Gasteiger partial charge in [-0.1, -0.05) is 18.2 Å². The normalized spacial score (nSPS) is 22.2. The number of β-amino-alcohol motifs (C(OH)–C–C–N with tert-alkyl or cyclic N) is 1. The lowest BCUT2D eigenvalue weighted by Gasteiger charge is -2.18. The van der Waals surface area contributed by atoms with E-state index in [1.165, 1.54) is 12.1 Å². The van der Waals surface area contributed by atoms with Crippen LogP contribution < -0.4 is 5.32 Å². The highest BCUT2D eigenvalue weighted by atomic mass is 19.4. The van der Waals surface area contributed by atoms with Gasteiger partial charge in [0.05, 0.1) is 18.6 Å². The van der Waals surface area contributed by atoms with Gasteiger partial charge < -0.3 is 15.0 Å². The van der Waals surface area contributed by atoms with Crippen LogP contribution in [0, 0.1) is 0 Å².